The van der Waals surface area contributed by atoms with Crippen molar-refractivity contribution >= 4 is 22.2 Å². The predicted octanol–water partition coefficient (Wildman–Crippen LogP) is 4.45. The number of hydrogen-bond donors (Lipinski definition) is 1. The Bertz CT molecular complexity index is 682. The number of nitrogens with zero attached hydrogens (tertiary/aromatic N) is 1. The molecule has 1 aromatic carbocycles. The lowest BCUT2D eigenvalue weighted by atomic mass is 10.1. The zero-order valence-electron chi connectivity index (χ0n) is 12.5. The lowest BCUT2D eigenvalue weighted by molar-refractivity contribution is 0.676. The molecule has 1 N–H and O–H groups in total. The molecule has 21 heavy (non-hydrogen) atoms. The van der Waals surface area contributed by atoms with Crippen LogP contribution in [0.2, 0.25) is 0 Å². The number of rotatable bonds is 7. The molecule has 3 heteroatoms. The van der Waals surface area contributed by atoms with Crippen molar-refractivity contribution in [2.45, 2.75) is 32.9 Å². The SMILES string of the molecule is CCCNCc1ccc2c(ccn2CCc2cccs2)c1. The molecule has 2 nitrogen and oxygen atoms in total. The summed E-state index contributed by atoms with van der Waals surface area (Å²) in [6.45, 7) is 5.30. The van der Waals surface area contributed by atoms with Crippen molar-refractivity contribution in [3.8, 4) is 0 Å². The number of hydrogen-bond acceptors (Lipinski definition) is 2. The van der Waals surface area contributed by atoms with Gasteiger partial charge in [0.2, 0.25) is 0 Å². The second-order valence-corrected chi connectivity index (χ2v) is 6.44. The van der Waals surface area contributed by atoms with Gasteiger partial charge < -0.3 is 9.88 Å². The predicted molar refractivity (Wildman–Crippen MR) is 92.0 cm³/mol. The summed E-state index contributed by atoms with van der Waals surface area (Å²) in [6.07, 6.45) is 4.50. The summed E-state index contributed by atoms with van der Waals surface area (Å²) in [5.41, 5.74) is 2.71. The largest absolute Gasteiger partial charge is 0.347 e. The van der Waals surface area contributed by atoms with E-state index in [0.29, 0.717) is 0 Å². The van der Waals surface area contributed by atoms with Crippen LogP contribution in [0.15, 0.2) is 48.0 Å². The van der Waals surface area contributed by atoms with Crippen LogP contribution in [0.5, 0.6) is 0 Å². The minimum absolute atomic E-state index is 0.962. The summed E-state index contributed by atoms with van der Waals surface area (Å²) in [5.74, 6) is 0. The second kappa shape index (κ2) is 6.92. The molecule has 0 aliphatic heterocycles. The van der Waals surface area contributed by atoms with E-state index >= 15 is 0 Å². The van der Waals surface area contributed by atoms with E-state index in [-0.39, 0.29) is 0 Å². The lowest BCUT2D eigenvalue weighted by Gasteiger charge is -2.06. The van der Waals surface area contributed by atoms with Gasteiger partial charge in [-0.05, 0) is 60.0 Å². The number of nitrogens with one attached hydrogen (secondary N) is 1. The Morgan fingerprint density at radius 2 is 2.14 bits per heavy atom. The van der Waals surface area contributed by atoms with Gasteiger partial charge >= 0.3 is 0 Å². The maximum Gasteiger partial charge on any atom is 0.0480 e. The van der Waals surface area contributed by atoms with Crippen LogP contribution < -0.4 is 5.32 Å². The minimum atomic E-state index is 0.962. The van der Waals surface area contributed by atoms with E-state index in [1.54, 1.807) is 0 Å². The monoisotopic (exact) mass is 298 g/mol. The Balaban J connectivity index is 1.70. The summed E-state index contributed by atoms with van der Waals surface area (Å²) in [7, 11) is 0. The van der Waals surface area contributed by atoms with Gasteiger partial charge in [0.15, 0.2) is 0 Å². The molecule has 2 aromatic heterocycles. The lowest BCUT2D eigenvalue weighted by Crippen LogP contribution is -2.13. The molecular formula is C18H22N2S. The van der Waals surface area contributed by atoms with Crippen LogP contribution in [-0.4, -0.2) is 11.1 Å². The molecule has 0 saturated heterocycles. The summed E-state index contributed by atoms with van der Waals surface area (Å²) < 4.78 is 2.36. The zero-order chi connectivity index (χ0) is 14.5. The number of aryl methyl sites for hydroxylation is 2. The van der Waals surface area contributed by atoms with Crippen LogP contribution in [0, 0.1) is 0 Å². The van der Waals surface area contributed by atoms with Crippen molar-refractivity contribution in [1.29, 1.82) is 0 Å². The maximum atomic E-state index is 3.46. The molecule has 0 amide bonds. The van der Waals surface area contributed by atoms with Crippen molar-refractivity contribution in [3.63, 3.8) is 0 Å². The summed E-state index contributed by atoms with van der Waals surface area (Å²) in [4.78, 5) is 1.46. The molecule has 0 saturated carbocycles. The highest BCUT2D eigenvalue weighted by molar-refractivity contribution is 7.09. The first-order valence-corrected chi connectivity index (χ1v) is 8.55. The van der Waals surface area contributed by atoms with E-state index in [1.165, 1.54) is 27.8 Å². The molecule has 3 rings (SSSR count). The molecule has 0 atom stereocenters. The van der Waals surface area contributed by atoms with Gasteiger partial charge in [-0.15, -0.1) is 11.3 Å². The van der Waals surface area contributed by atoms with E-state index in [4.69, 9.17) is 0 Å². The van der Waals surface area contributed by atoms with Crippen LogP contribution in [0.4, 0.5) is 0 Å². The maximum absolute atomic E-state index is 3.46. The third-order valence-electron chi connectivity index (χ3n) is 3.77. The van der Waals surface area contributed by atoms with E-state index in [0.717, 1.165) is 26.1 Å². The standard InChI is InChI=1S/C18H22N2S/c1-2-9-19-14-15-5-6-18-16(13-15)7-10-20(18)11-8-17-4-3-12-21-17/h3-7,10,12-13,19H,2,8-9,11,14H2,1H3. The third-order valence-corrected chi connectivity index (χ3v) is 4.71. The first-order valence-electron chi connectivity index (χ1n) is 7.67. The van der Waals surface area contributed by atoms with Crippen LogP contribution in [0.25, 0.3) is 10.9 Å². The van der Waals surface area contributed by atoms with Crippen molar-refractivity contribution in [2.75, 3.05) is 6.54 Å². The molecule has 0 aliphatic carbocycles. The molecule has 110 valence electrons. The van der Waals surface area contributed by atoms with E-state index in [2.05, 4.69) is 64.8 Å². The highest BCUT2D eigenvalue weighted by atomic mass is 32.1. The highest BCUT2D eigenvalue weighted by Gasteiger charge is 2.03. The molecule has 0 fully saturated rings. The molecule has 0 bridgehead atoms. The van der Waals surface area contributed by atoms with Gasteiger partial charge in [-0.1, -0.05) is 19.1 Å². The fourth-order valence-corrected chi connectivity index (χ4v) is 3.35. The topological polar surface area (TPSA) is 17.0 Å². The normalized spacial score (nSPS) is 11.3. The Hall–Kier alpha value is -1.58. The zero-order valence-corrected chi connectivity index (χ0v) is 13.3. The summed E-state index contributed by atoms with van der Waals surface area (Å²) >= 11 is 1.84. The van der Waals surface area contributed by atoms with Crippen molar-refractivity contribution < 1.29 is 0 Å². The number of aromatic nitrogens is 1. The summed E-state index contributed by atoms with van der Waals surface area (Å²) in [5, 5.41) is 6.96. The van der Waals surface area contributed by atoms with Crippen LogP contribution in [0.3, 0.4) is 0 Å². The van der Waals surface area contributed by atoms with Gasteiger partial charge in [-0.2, -0.15) is 0 Å². The molecule has 0 unspecified atom stereocenters. The quantitative estimate of drug-likeness (QED) is 0.638. The van der Waals surface area contributed by atoms with E-state index < -0.39 is 0 Å². The first-order chi connectivity index (χ1) is 10.4. The van der Waals surface area contributed by atoms with Crippen molar-refractivity contribution in [2.24, 2.45) is 0 Å². The molecule has 0 radical (unpaired) electrons. The van der Waals surface area contributed by atoms with Gasteiger partial charge in [0.25, 0.3) is 0 Å². The van der Waals surface area contributed by atoms with Crippen LogP contribution in [0.1, 0.15) is 23.8 Å². The Morgan fingerprint density at radius 1 is 1.19 bits per heavy atom. The number of benzene rings is 1. The highest BCUT2D eigenvalue weighted by Crippen LogP contribution is 2.19. The van der Waals surface area contributed by atoms with Crippen LogP contribution >= 0.6 is 11.3 Å². The van der Waals surface area contributed by atoms with Crippen molar-refractivity contribution in [3.05, 3.63) is 58.4 Å². The molecule has 0 spiro atoms. The first kappa shape index (κ1) is 14.4. The van der Waals surface area contributed by atoms with Crippen molar-refractivity contribution in [1.82, 2.24) is 9.88 Å². The Morgan fingerprint density at radius 3 is 2.95 bits per heavy atom. The van der Waals surface area contributed by atoms with Crippen LogP contribution in [-0.2, 0) is 19.5 Å². The van der Waals surface area contributed by atoms with Gasteiger partial charge in [0.05, 0.1) is 0 Å². The van der Waals surface area contributed by atoms with Gasteiger partial charge in [-0.25, -0.2) is 0 Å². The minimum Gasteiger partial charge on any atom is -0.347 e. The van der Waals surface area contributed by atoms with E-state index in [9.17, 15) is 0 Å². The average Bonchev–Trinajstić information content (AvgIpc) is 3.14. The molecular weight excluding hydrogens is 276 g/mol. The molecule has 0 aliphatic rings. The third kappa shape index (κ3) is 3.55. The smallest absolute Gasteiger partial charge is 0.0480 e. The van der Waals surface area contributed by atoms with Gasteiger partial charge in [0.1, 0.15) is 0 Å². The second-order valence-electron chi connectivity index (χ2n) is 5.41. The Labute approximate surface area is 130 Å². The van der Waals surface area contributed by atoms with Gasteiger partial charge in [0, 0.05) is 29.7 Å². The fraction of sp³-hybridized carbons (Fsp3) is 0.333. The molecule has 3 aromatic rings. The average molecular weight is 298 g/mol. The van der Waals surface area contributed by atoms with E-state index in [1.807, 2.05) is 11.3 Å². The number of thiophene rings is 1. The summed E-state index contributed by atoms with van der Waals surface area (Å²) in [6, 6.07) is 13.4. The fourth-order valence-electron chi connectivity index (χ4n) is 2.65. The molecule has 2 heterocycles. The van der Waals surface area contributed by atoms with Gasteiger partial charge in [-0.3, -0.25) is 0 Å². The Kier molecular flexibility index (Phi) is 4.73. The number of fused-ring (bicyclic) bond motifs is 1.